The maximum absolute atomic E-state index is 12.3. The Hall–Kier alpha value is -0.670. The van der Waals surface area contributed by atoms with Crippen molar-refractivity contribution in [2.75, 3.05) is 5.75 Å². The summed E-state index contributed by atoms with van der Waals surface area (Å²) < 4.78 is 12.3. The second-order valence-electron chi connectivity index (χ2n) is 6.27. The topological polar surface area (TPSA) is 43.1 Å². The van der Waals surface area contributed by atoms with E-state index in [2.05, 4.69) is 32.9 Å². The van der Waals surface area contributed by atoms with Crippen LogP contribution in [-0.4, -0.2) is 16.0 Å². The summed E-state index contributed by atoms with van der Waals surface area (Å²) in [5.74, 6) is 0.544. The van der Waals surface area contributed by atoms with E-state index in [1.807, 2.05) is 6.07 Å². The van der Waals surface area contributed by atoms with Crippen molar-refractivity contribution < 1.29 is 4.21 Å². The molecule has 0 radical (unpaired) electrons. The number of fused-ring (bicyclic) bond motifs is 1. The van der Waals surface area contributed by atoms with Gasteiger partial charge in [-0.15, -0.1) is 0 Å². The minimum atomic E-state index is -0.977. The van der Waals surface area contributed by atoms with Gasteiger partial charge in [0.25, 0.3) is 0 Å². The summed E-state index contributed by atoms with van der Waals surface area (Å²) in [6.45, 7) is 6.28. The van der Waals surface area contributed by atoms with Crippen LogP contribution < -0.4 is 5.73 Å². The standard InChI is InChI=1S/C15H23NOS/c1-15(2,3)14(16)10-18(17)13-8-7-11-5-4-6-12(11)9-13/h7-9,14H,4-6,10,16H2,1-3H3. The minimum Gasteiger partial charge on any atom is -0.326 e. The highest BCUT2D eigenvalue weighted by atomic mass is 32.2. The van der Waals surface area contributed by atoms with E-state index in [0.29, 0.717) is 5.75 Å². The SMILES string of the molecule is CC(C)(C)C(N)CS(=O)c1ccc2c(c1)CCC2. The largest absolute Gasteiger partial charge is 0.326 e. The van der Waals surface area contributed by atoms with Crippen LogP contribution in [0.15, 0.2) is 23.1 Å². The Balaban J connectivity index is 2.10. The van der Waals surface area contributed by atoms with Crippen molar-refractivity contribution in [1.82, 2.24) is 0 Å². The molecule has 3 heteroatoms. The fourth-order valence-corrected chi connectivity index (χ4v) is 3.71. The van der Waals surface area contributed by atoms with Crippen LogP contribution in [0, 0.1) is 5.41 Å². The van der Waals surface area contributed by atoms with Gasteiger partial charge in [-0.3, -0.25) is 4.21 Å². The zero-order valence-electron chi connectivity index (χ0n) is 11.5. The van der Waals surface area contributed by atoms with Crippen LogP contribution in [0.1, 0.15) is 38.3 Å². The van der Waals surface area contributed by atoms with E-state index in [1.165, 1.54) is 24.0 Å². The van der Waals surface area contributed by atoms with Gasteiger partial charge in [-0.2, -0.15) is 0 Å². The molecular formula is C15H23NOS. The van der Waals surface area contributed by atoms with Gasteiger partial charge >= 0.3 is 0 Å². The molecule has 0 bridgehead atoms. The van der Waals surface area contributed by atoms with E-state index < -0.39 is 10.8 Å². The van der Waals surface area contributed by atoms with Crippen molar-refractivity contribution in [3.8, 4) is 0 Å². The maximum atomic E-state index is 12.3. The summed E-state index contributed by atoms with van der Waals surface area (Å²) in [5, 5.41) is 0. The van der Waals surface area contributed by atoms with Crippen molar-refractivity contribution in [2.24, 2.45) is 11.1 Å². The van der Waals surface area contributed by atoms with Crippen molar-refractivity contribution in [3.63, 3.8) is 0 Å². The first-order valence-electron chi connectivity index (χ1n) is 6.63. The van der Waals surface area contributed by atoms with E-state index >= 15 is 0 Å². The van der Waals surface area contributed by atoms with Gasteiger partial charge in [0.05, 0.1) is 10.8 Å². The van der Waals surface area contributed by atoms with Crippen LogP contribution in [0.2, 0.25) is 0 Å². The number of rotatable bonds is 3. The molecule has 1 aromatic rings. The van der Waals surface area contributed by atoms with Crippen molar-refractivity contribution in [1.29, 1.82) is 0 Å². The predicted molar refractivity (Wildman–Crippen MR) is 77.2 cm³/mol. The second-order valence-corrected chi connectivity index (χ2v) is 7.76. The summed E-state index contributed by atoms with van der Waals surface area (Å²) in [4.78, 5) is 0.940. The average molecular weight is 265 g/mol. The van der Waals surface area contributed by atoms with Gasteiger partial charge < -0.3 is 5.73 Å². The van der Waals surface area contributed by atoms with E-state index in [4.69, 9.17) is 5.73 Å². The van der Waals surface area contributed by atoms with Crippen LogP contribution in [0.4, 0.5) is 0 Å². The van der Waals surface area contributed by atoms with E-state index in [9.17, 15) is 4.21 Å². The molecular weight excluding hydrogens is 242 g/mol. The molecule has 1 aromatic carbocycles. The lowest BCUT2D eigenvalue weighted by Gasteiger charge is -2.26. The molecule has 0 amide bonds. The minimum absolute atomic E-state index is 0.00634. The van der Waals surface area contributed by atoms with Gasteiger partial charge in [-0.25, -0.2) is 0 Å². The number of aryl methyl sites for hydroxylation is 2. The Kier molecular flexibility index (Phi) is 3.93. The molecule has 2 rings (SSSR count). The predicted octanol–water partition coefficient (Wildman–Crippen LogP) is 2.66. The average Bonchev–Trinajstić information content (AvgIpc) is 2.74. The van der Waals surface area contributed by atoms with E-state index in [1.54, 1.807) is 0 Å². The van der Waals surface area contributed by atoms with Gasteiger partial charge in [0.15, 0.2) is 0 Å². The molecule has 0 fully saturated rings. The molecule has 2 nitrogen and oxygen atoms in total. The zero-order chi connectivity index (χ0) is 13.3. The fraction of sp³-hybridized carbons (Fsp3) is 0.600. The molecule has 0 saturated carbocycles. The first-order chi connectivity index (χ1) is 8.38. The number of benzene rings is 1. The summed E-state index contributed by atoms with van der Waals surface area (Å²) >= 11 is 0. The quantitative estimate of drug-likeness (QED) is 0.913. The van der Waals surface area contributed by atoms with Crippen LogP contribution in [-0.2, 0) is 23.6 Å². The van der Waals surface area contributed by atoms with Crippen molar-refractivity contribution in [2.45, 2.75) is 51.0 Å². The normalized spacial score (nSPS) is 18.4. The highest BCUT2D eigenvalue weighted by molar-refractivity contribution is 7.85. The van der Waals surface area contributed by atoms with E-state index in [0.717, 1.165) is 11.3 Å². The molecule has 0 spiro atoms. The number of nitrogens with two attached hydrogens (primary N) is 1. The van der Waals surface area contributed by atoms with Gasteiger partial charge in [0.2, 0.25) is 0 Å². The summed E-state index contributed by atoms with van der Waals surface area (Å²) in [6, 6.07) is 6.23. The first kappa shape index (κ1) is 13.8. The molecule has 1 aliphatic carbocycles. The molecule has 2 N–H and O–H groups in total. The molecule has 2 atom stereocenters. The molecule has 2 unspecified atom stereocenters. The third kappa shape index (κ3) is 3.01. The van der Waals surface area contributed by atoms with Crippen LogP contribution in [0.3, 0.4) is 0 Å². The van der Waals surface area contributed by atoms with Gasteiger partial charge in [-0.1, -0.05) is 26.8 Å². The van der Waals surface area contributed by atoms with Gasteiger partial charge in [-0.05, 0) is 47.9 Å². The highest BCUT2D eigenvalue weighted by Gasteiger charge is 2.23. The Labute approximate surface area is 112 Å². The number of hydrogen-bond donors (Lipinski definition) is 1. The first-order valence-corrected chi connectivity index (χ1v) is 7.95. The molecule has 0 saturated heterocycles. The van der Waals surface area contributed by atoms with Crippen LogP contribution >= 0.6 is 0 Å². The lowest BCUT2D eigenvalue weighted by atomic mass is 9.89. The van der Waals surface area contributed by atoms with Gasteiger partial charge in [0.1, 0.15) is 0 Å². The van der Waals surface area contributed by atoms with Crippen LogP contribution in [0.5, 0.6) is 0 Å². The Morgan fingerprint density at radius 1 is 1.28 bits per heavy atom. The van der Waals surface area contributed by atoms with Crippen molar-refractivity contribution in [3.05, 3.63) is 29.3 Å². The second kappa shape index (κ2) is 5.14. The summed E-state index contributed by atoms with van der Waals surface area (Å²) in [5.41, 5.74) is 8.92. The molecule has 1 aliphatic rings. The third-order valence-corrected chi connectivity index (χ3v) is 5.22. The molecule has 0 aromatic heterocycles. The maximum Gasteiger partial charge on any atom is 0.0545 e. The molecule has 0 heterocycles. The smallest absolute Gasteiger partial charge is 0.0545 e. The van der Waals surface area contributed by atoms with E-state index in [-0.39, 0.29) is 11.5 Å². The molecule has 18 heavy (non-hydrogen) atoms. The lowest BCUT2D eigenvalue weighted by Crippen LogP contribution is -2.39. The molecule has 100 valence electrons. The summed E-state index contributed by atoms with van der Waals surface area (Å²) in [7, 11) is -0.977. The van der Waals surface area contributed by atoms with Crippen molar-refractivity contribution >= 4 is 10.8 Å². The molecule has 0 aliphatic heterocycles. The van der Waals surface area contributed by atoms with Crippen LogP contribution in [0.25, 0.3) is 0 Å². The lowest BCUT2D eigenvalue weighted by molar-refractivity contribution is 0.342. The Morgan fingerprint density at radius 2 is 1.94 bits per heavy atom. The Morgan fingerprint density at radius 3 is 2.61 bits per heavy atom. The summed E-state index contributed by atoms with van der Waals surface area (Å²) in [6.07, 6.45) is 3.53. The highest BCUT2D eigenvalue weighted by Crippen LogP contribution is 2.25. The van der Waals surface area contributed by atoms with Gasteiger partial charge in [0, 0.05) is 16.7 Å². The Bertz CT molecular complexity index is 462. The third-order valence-electron chi connectivity index (χ3n) is 3.78. The fourth-order valence-electron chi connectivity index (χ4n) is 2.20. The zero-order valence-corrected chi connectivity index (χ0v) is 12.3. The number of hydrogen-bond acceptors (Lipinski definition) is 2. The monoisotopic (exact) mass is 265 g/mol.